The van der Waals surface area contributed by atoms with E-state index in [0.717, 1.165) is 37.2 Å². The van der Waals surface area contributed by atoms with Crippen LogP contribution >= 0.6 is 11.3 Å². The summed E-state index contributed by atoms with van der Waals surface area (Å²) in [6.45, 7) is 5.16. The zero-order chi connectivity index (χ0) is 15.3. The molecule has 1 aromatic rings. The number of nitrogens with zero attached hydrogens (tertiary/aromatic N) is 1. The summed E-state index contributed by atoms with van der Waals surface area (Å²) in [6.07, 6.45) is 3.25. The van der Waals surface area contributed by atoms with Gasteiger partial charge in [-0.05, 0) is 50.8 Å². The number of likely N-dealkylation sites (tertiary alicyclic amines) is 1. The summed E-state index contributed by atoms with van der Waals surface area (Å²) in [7, 11) is -1.35. The molecular weight excluding hydrogens is 306 g/mol. The normalized spacial score (nSPS) is 20.2. The van der Waals surface area contributed by atoms with E-state index in [1.54, 1.807) is 6.07 Å². The molecule has 1 unspecified atom stereocenters. The molecule has 0 bridgehead atoms. The van der Waals surface area contributed by atoms with Gasteiger partial charge in [-0.2, -0.15) is 0 Å². The van der Waals surface area contributed by atoms with Crippen LogP contribution in [-0.2, 0) is 16.6 Å². The van der Waals surface area contributed by atoms with Gasteiger partial charge in [-0.1, -0.05) is 6.92 Å². The highest BCUT2D eigenvalue weighted by molar-refractivity contribution is 7.89. The van der Waals surface area contributed by atoms with Crippen molar-refractivity contribution in [2.24, 2.45) is 0 Å². The monoisotopic (exact) mass is 331 g/mol. The van der Waals surface area contributed by atoms with E-state index < -0.39 is 10.0 Å². The summed E-state index contributed by atoms with van der Waals surface area (Å²) in [5.41, 5.74) is 0. The van der Waals surface area contributed by atoms with Gasteiger partial charge in [-0.25, -0.2) is 13.1 Å². The van der Waals surface area contributed by atoms with E-state index in [1.165, 1.54) is 11.3 Å². The van der Waals surface area contributed by atoms with Gasteiger partial charge in [0.2, 0.25) is 10.0 Å². The number of hydrogen-bond acceptors (Lipinski definition) is 5. The van der Waals surface area contributed by atoms with Crippen molar-refractivity contribution in [2.45, 2.75) is 43.7 Å². The molecule has 120 valence electrons. The Hall–Kier alpha value is -0.470. The topological polar surface area (TPSA) is 61.4 Å². The predicted molar refractivity (Wildman–Crippen MR) is 87.2 cm³/mol. The first-order valence-corrected chi connectivity index (χ1v) is 9.88. The number of likely N-dealkylation sites (N-methyl/N-ethyl adjacent to an activating group) is 1. The van der Waals surface area contributed by atoms with Gasteiger partial charge in [0.05, 0.1) is 4.90 Å². The van der Waals surface area contributed by atoms with Gasteiger partial charge in [0.1, 0.15) is 0 Å². The molecule has 1 saturated heterocycles. The average Bonchev–Trinajstić information content (AvgIpc) is 3.06. The highest BCUT2D eigenvalue weighted by atomic mass is 32.2. The van der Waals surface area contributed by atoms with Crippen LogP contribution in [0.3, 0.4) is 0 Å². The minimum atomic E-state index is -3.40. The van der Waals surface area contributed by atoms with E-state index in [-0.39, 0.29) is 0 Å². The van der Waals surface area contributed by atoms with Crippen LogP contribution in [0.25, 0.3) is 0 Å². The summed E-state index contributed by atoms with van der Waals surface area (Å²) >= 11 is 1.49. The largest absolute Gasteiger partial charge is 0.312 e. The molecule has 0 amide bonds. The van der Waals surface area contributed by atoms with Gasteiger partial charge in [-0.15, -0.1) is 11.3 Å². The fourth-order valence-corrected chi connectivity index (χ4v) is 5.08. The van der Waals surface area contributed by atoms with E-state index in [4.69, 9.17) is 0 Å². The molecule has 1 aliphatic rings. The lowest BCUT2D eigenvalue weighted by atomic mass is 10.2. The predicted octanol–water partition coefficient (Wildman–Crippen LogP) is 1.62. The molecule has 2 N–H and O–H groups in total. The van der Waals surface area contributed by atoms with Crippen molar-refractivity contribution < 1.29 is 8.42 Å². The minimum absolute atomic E-state index is 0.320. The first-order valence-electron chi connectivity index (χ1n) is 7.51. The summed E-state index contributed by atoms with van der Waals surface area (Å²) in [6, 6.07) is 2.02. The lowest BCUT2D eigenvalue weighted by molar-refractivity contribution is 0.311. The molecule has 0 saturated carbocycles. The van der Waals surface area contributed by atoms with Crippen molar-refractivity contribution in [1.82, 2.24) is 14.9 Å². The maximum Gasteiger partial charge on any atom is 0.241 e. The number of nitrogens with one attached hydrogen (secondary N) is 2. The van der Waals surface area contributed by atoms with Crippen LogP contribution in [0.1, 0.15) is 31.1 Å². The fourth-order valence-electron chi connectivity index (χ4n) is 2.60. The first-order chi connectivity index (χ1) is 10.0. The molecule has 21 heavy (non-hydrogen) atoms. The standard InChI is InChI=1S/C14H25N3O2S2/c1-3-7-15-11-13-14(6-9-20-13)21(18,19)16-10-12-5-4-8-17(12)2/h6,9,12,15-16H,3-5,7-8,10-11H2,1-2H3. The highest BCUT2D eigenvalue weighted by Crippen LogP contribution is 2.22. The number of hydrogen-bond donors (Lipinski definition) is 2. The summed E-state index contributed by atoms with van der Waals surface area (Å²) in [5.74, 6) is 0. The lowest BCUT2D eigenvalue weighted by Gasteiger charge is -2.19. The third kappa shape index (κ3) is 4.50. The maximum absolute atomic E-state index is 12.5. The Morgan fingerprint density at radius 1 is 1.48 bits per heavy atom. The van der Waals surface area contributed by atoms with Crippen molar-refractivity contribution in [3.05, 3.63) is 16.3 Å². The van der Waals surface area contributed by atoms with Crippen molar-refractivity contribution in [3.63, 3.8) is 0 Å². The molecule has 5 nitrogen and oxygen atoms in total. The van der Waals surface area contributed by atoms with Crippen molar-refractivity contribution in [1.29, 1.82) is 0 Å². The van der Waals surface area contributed by atoms with Gasteiger partial charge >= 0.3 is 0 Å². The molecule has 1 aromatic heterocycles. The Morgan fingerprint density at radius 2 is 2.29 bits per heavy atom. The first kappa shape index (κ1) is 16.9. The molecule has 0 aliphatic carbocycles. The summed E-state index contributed by atoms with van der Waals surface area (Å²) in [5, 5.41) is 5.11. The van der Waals surface area contributed by atoms with E-state index in [9.17, 15) is 8.42 Å². The zero-order valence-electron chi connectivity index (χ0n) is 12.8. The van der Waals surface area contributed by atoms with Crippen LogP contribution in [0.2, 0.25) is 0 Å². The van der Waals surface area contributed by atoms with Crippen molar-refractivity contribution in [2.75, 3.05) is 26.7 Å². The van der Waals surface area contributed by atoms with E-state index >= 15 is 0 Å². The smallest absolute Gasteiger partial charge is 0.241 e. The number of sulfonamides is 1. The lowest BCUT2D eigenvalue weighted by Crippen LogP contribution is -2.38. The van der Waals surface area contributed by atoms with Crippen molar-refractivity contribution >= 4 is 21.4 Å². The molecule has 1 fully saturated rings. The van der Waals surface area contributed by atoms with Crippen molar-refractivity contribution in [3.8, 4) is 0 Å². The van der Waals surface area contributed by atoms with Crippen LogP contribution in [0.15, 0.2) is 16.3 Å². The van der Waals surface area contributed by atoms with Crippen LogP contribution in [0.5, 0.6) is 0 Å². The molecular formula is C14H25N3O2S2. The second-order valence-electron chi connectivity index (χ2n) is 5.51. The SMILES string of the molecule is CCCNCc1sccc1S(=O)(=O)NCC1CCCN1C. The Kier molecular flexibility index (Phi) is 6.19. The quantitative estimate of drug-likeness (QED) is 0.711. The molecule has 2 heterocycles. The van der Waals surface area contributed by atoms with Crippen LogP contribution in [-0.4, -0.2) is 46.0 Å². The van der Waals surface area contributed by atoms with Gasteiger partial charge in [0, 0.05) is 24.0 Å². The second kappa shape index (κ2) is 7.69. The summed E-state index contributed by atoms with van der Waals surface area (Å²) < 4.78 is 27.7. The molecule has 7 heteroatoms. The Balaban J connectivity index is 1.97. The van der Waals surface area contributed by atoms with Crippen LogP contribution in [0, 0.1) is 0 Å². The molecule has 2 rings (SSSR count). The molecule has 0 spiro atoms. The van der Waals surface area contributed by atoms with Gasteiger partial charge in [-0.3, -0.25) is 0 Å². The molecule has 0 aromatic carbocycles. The highest BCUT2D eigenvalue weighted by Gasteiger charge is 2.25. The van der Waals surface area contributed by atoms with E-state index in [2.05, 4.69) is 28.9 Å². The third-order valence-corrected chi connectivity index (χ3v) is 6.45. The second-order valence-corrected chi connectivity index (χ2v) is 8.25. The molecule has 1 atom stereocenters. The maximum atomic E-state index is 12.5. The van der Waals surface area contributed by atoms with Gasteiger partial charge in [0.25, 0.3) is 0 Å². The number of rotatable bonds is 8. The Labute approximate surface area is 131 Å². The Morgan fingerprint density at radius 3 is 2.95 bits per heavy atom. The summed E-state index contributed by atoms with van der Waals surface area (Å²) in [4.78, 5) is 3.53. The minimum Gasteiger partial charge on any atom is -0.312 e. The van der Waals surface area contributed by atoms with E-state index in [1.807, 2.05) is 5.38 Å². The molecule has 1 aliphatic heterocycles. The zero-order valence-corrected chi connectivity index (χ0v) is 14.4. The number of thiophene rings is 1. The fraction of sp³-hybridized carbons (Fsp3) is 0.714. The van der Waals surface area contributed by atoms with Gasteiger partial charge in [0.15, 0.2) is 0 Å². The van der Waals surface area contributed by atoms with Crippen LogP contribution in [0.4, 0.5) is 0 Å². The average molecular weight is 332 g/mol. The third-order valence-electron chi connectivity index (χ3n) is 3.89. The molecule has 0 radical (unpaired) electrons. The van der Waals surface area contributed by atoms with Gasteiger partial charge < -0.3 is 10.2 Å². The Bertz CT molecular complexity index is 542. The van der Waals surface area contributed by atoms with Crippen LogP contribution < -0.4 is 10.0 Å². The van der Waals surface area contributed by atoms with E-state index in [0.29, 0.717) is 24.0 Å².